The van der Waals surface area contributed by atoms with Crippen molar-refractivity contribution in [1.82, 2.24) is 0 Å². The monoisotopic (exact) mass is 182 g/mol. The summed E-state index contributed by atoms with van der Waals surface area (Å²) in [5.41, 5.74) is 0. The summed E-state index contributed by atoms with van der Waals surface area (Å²) in [6.45, 7) is 0. The molecule has 0 aromatic carbocycles. The van der Waals surface area contributed by atoms with Gasteiger partial charge < -0.3 is 19.5 Å². The van der Waals surface area contributed by atoms with Crippen LogP contribution in [0.5, 0.6) is 0 Å². The maximum atomic E-state index is 10.5. The van der Waals surface area contributed by atoms with Gasteiger partial charge in [-0.15, -0.1) is 0 Å². The van der Waals surface area contributed by atoms with Crippen molar-refractivity contribution in [1.29, 1.82) is 0 Å². The Labute approximate surface area is 90.4 Å². The number of rotatable bonds is 0. The second-order valence-corrected chi connectivity index (χ2v) is 1.86. The molecule has 6 nitrogen and oxygen atoms in total. The first-order valence-electron chi connectivity index (χ1n) is 2.71. The first-order chi connectivity index (χ1) is 5.13. The molecule has 0 amide bonds. The zero-order valence-electron chi connectivity index (χ0n) is 6.26. The van der Waals surface area contributed by atoms with Gasteiger partial charge in [-0.2, -0.15) is 0 Å². The van der Waals surface area contributed by atoms with Crippen molar-refractivity contribution >= 4 is 19.6 Å². The van der Waals surface area contributed by atoms with Gasteiger partial charge >= 0.3 is 29.6 Å². The predicted octanol–water partition coefficient (Wildman–Crippen LogP) is -5.65. The fourth-order valence-electron chi connectivity index (χ4n) is 0.516. The first kappa shape index (κ1) is 11.9. The summed E-state index contributed by atoms with van der Waals surface area (Å²) >= 11 is 0. The van der Waals surface area contributed by atoms with Crippen LogP contribution in [-0.2, 0) is 18.9 Å². The van der Waals surface area contributed by atoms with Crippen LogP contribution < -0.4 is 29.6 Å². The molecule has 1 aliphatic rings. The fraction of sp³-hybridized carbons (Fsp3) is 0.500. The molecule has 1 fully saturated rings. The van der Waals surface area contributed by atoms with E-state index in [9.17, 15) is 9.59 Å². The average molecular weight is 182 g/mol. The standard InChI is InChI=1S/C4H4BO6.Na/c6-1-2(7)4(9)11-5-10-3(1)8;/h1-2,6-7H;/q-1;+1/t1-,2-;/m1./s1. The molecule has 2 radical (unpaired) electrons. The number of aliphatic hydroxyl groups excluding tert-OH is 2. The van der Waals surface area contributed by atoms with Gasteiger partial charge in [-0.25, -0.2) is 0 Å². The number of carbonyl (C=O) groups excluding carboxylic acids is 2. The molecule has 0 aliphatic carbocycles. The zero-order chi connectivity index (χ0) is 8.43. The summed E-state index contributed by atoms with van der Waals surface area (Å²) in [4.78, 5) is 20.9. The molecule has 0 unspecified atom stereocenters. The number of hydrogen-bond acceptors (Lipinski definition) is 6. The van der Waals surface area contributed by atoms with E-state index in [4.69, 9.17) is 10.2 Å². The van der Waals surface area contributed by atoms with Crippen LogP contribution in [0, 0.1) is 0 Å². The van der Waals surface area contributed by atoms with Gasteiger partial charge in [-0.3, -0.25) is 9.59 Å². The second-order valence-electron chi connectivity index (χ2n) is 1.86. The van der Waals surface area contributed by atoms with Gasteiger partial charge in [0.25, 0.3) is 11.9 Å². The predicted molar refractivity (Wildman–Crippen MR) is 30.0 cm³/mol. The molecule has 0 bridgehead atoms. The molecular weight excluding hydrogens is 178 g/mol. The van der Waals surface area contributed by atoms with Crippen molar-refractivity contribution in [2.75, 3.05) is 0 Å². The summed E-state index contributed by atoms with van der Waals surface area (Å²) in [5, 5.41) is 17.5. The molecule has 1 aliphatic heterocycles. The van der Waals surface area contributed by atoms with Crippen molar-refractivity contribution in [2.45, 2.75) is 12.2 Å². The largest absolute Gasteiger partial charge is 1.00 e. The Bertz CT molecular complexity index is 176. The van der Waals surface area contributed by atoms with E-state index in [1.54, 1.807) is 0 Å². The summed E-state index contributed by atoms with van der Waals surface area (Å²) in [7, 11) is 0.462. The van der Waals surface area contributed by atoms with E-state index >= 15 is 0 Å². The van der Waals surface area contributed by atoms with Crippen LogP contribution >= 0.6 is 0 Å². The number of hydrogen-bond donors (Lipinski definition) is 2. The van der Waals surface area contributed by atoms with Gasteiger partial charge in [-0.05, 0) is 0 Å². The zero-order valence-corrected chi connectivity index (χ0v) is 8.26. The van der Waals surface area contributed by atoms with Crippen LogP contribution in [-0.4, -0.2) is 42.0 Å². The minimum absolute atomic E-state index is 0. The number of carbonyl (C=O) groups is 2. The molecule has 2 N–H and O–H groups in total. The van der Waals surface area contributed by atoms with Crippen LogP contribution in [0.2, 0.25) is 0 Å². The third-order valence-corrected chi connectivity index (χ3v) is 1.11. The summed E-state index contributed by atoms with van der Waals surface area (Å²) in [6, 6.07) is 0. The Balaban J connectivity index is 0.00000121. The Morgan fingerprint density at radius 2 is 1.42 bits per heavy atom. The quantitative estimate of drug-likeness (QED) is 0.362. The van der Waals surface area contributed by atoms with Crippen LogP contribution in [0.1, 0.15) is 0 Å². The third-order valence-electron chi connectivity index (χ3n) is 1.11. The SMILES string of the molecule is O=C1O[B-]OC(=O)[C@H](O)[C@H]1O.[Na+]. The van der Waals surface area contributed by atoms with Gasteiger partial charge in [0.05, 0.1) is 0 Å². The molecule has 2 atom stereocenters. The molecular formula is C4H4BNaO6. The van der Waals surface area contributed by atoms with E-state index in [-0.39, 0.29) is 29.6 Å². The average Bonchev–Trinajstić information content (AvgIpc) is 2.07. The van der Waals surface area contributed by atoms with Gasteiger partial charge in [0.2, 0.25) is 0 Å². The summed E-state index contributed by atoms with van der Waals surface area (Å²) in [6.07, 6.45) is -3.75. The van der Waals surface area contributed by atoms with E-state index in [2.05, 4.69) is 9.31 Å². The number of aliphatic hydroxyl groups is 2. The molecule has 1 heterocycles. The van der Waals surface area contributed by atoms with Gasteiger partial charge in [0.15, 0.2) is 12.2 Å². The molecule has 0 aromatic rings. The third kappa shape index (κ3) is 2.46. The smallest absolute Gasteiger partial charge is 0.700 e. The molecule has 60 valence electrons. The topological polar surface area (TPSA) is 93.1 Å². The van der Waals surface area contributed by atoms with Crippen LogP contribution in [0.15, 0.2) is 0 Å². The van der Waals surface area contributed by atoms with Crippen molar-refractivity contribution < 1.29 is 58.7 Å². The molecule has 1 rings (SSSR count). The molecule has 8 heteroatoms. The maximum Gasteiger partial charge on any atom is 1.00 e. The van der Waals surface area contributed by atoms with Crippen molar-refractivity contribution in [3.05, 3.63) is 0 Å². The second kappa shape index (κ2) is 4.83. The van der Waals surface area contributed by atoms with Crippen LogP contribution in [0.25, 0.3) is 0 Å². The van der Waals surface area contributed by atoms with E-state index in [0.29, 0.717) is 7.69 Å². The Hall–Kier alpha value is -0.0751. The molecule has 0 saturated carbocycles. The van der Waals surface area contributed by atoms with Gasteiger partial charge in [0, 0.05) is 0 Å². The van der Waals surface area contributed by atoms with Gasteiger partial charge in [-0.1, -0.05) is 0 Å². The maximum absolute atomic E-state index is 10.5. The molecule has 0 aromatic heterocycles. The Kier molecular flexibility index (Phi) is 4.80. The van der Waals surface area contributed by atoms with Crippen LogP contribution in [0.3, 0.4) is 0 Å². The first-order valence-corrected chi connectivity index (χ1v) is 2.71. The van der Waals surface area contributed by atoms with Crippen molar-refractivity contribution in [3.8, 4) is 0 Å². The van der Waals surface area contributed by atoms with Gasteiger partial charge in [0.1, 0.15) is 7.69 Å². The molecule has 1 saturated heterocycles. The molecule has 12 heavy (non-hydrogen) atoms. The Morgan fingerprint density at radius 3 is 1.75 bits per heavy atom. The molecule has 0 spiro atoms. The van der Waals surface area contributed by atoms with E-state index in [0.717, 1.165) is 0 Å². The van der Waals surface area contributed by atoms with Crippen molar-refractivity contribution in [2.24, 2.45) is 0 Å². The summed E-state index contributed by atoms with van der Waals surface area (Å²) in [5.74, 6) is -2.24. The van der Waals surface area contributed by atoms with Crippen LogP contribution in [0.4, 0.5) is 0 Å². The minimum atomic E-state index is -1.87. The van der Waals surface area contributed by atoms with E-state index in [1.165, 1.54) is 0 Å². The fourth-order valence-corrected chi connectivity index (χ4v) is 0.516. The minimum Gasteiger partial charge on any atom is -0.700 e. The Morgan fingerprint density at radius 1 is 1.08 bits per heavy atom. The normalized spacial score (nSPS) is 29.5. The van der Waals surface area contributed by atoms with Crippen molar-refractivity contribution in [3.63, 3.8) is 0 Å². The van der Waals surface area contributed by atoms with E-state index in [1.807, 2.05) is 0 Å². The van der Waals surface area contributed by atoms with E-state index < -0.39 is 24.1 Å². The summed E-state index contributed by atoms with van der Waals surface area (Å²) < 4.78 is 8.08.